The highest BCUT2D eigenvalue weighted by Gasteiger charge is 2.30. The van der Waals surface area contributed by atoms with E-state index < -0.39 is 0 Å². The maximum Gasteiger partial charge on any atom is 0.239 e. The maximum absolute atomic E-state index is 12.9. The van der Waals surface area contributed by atoms with E-state index in [1.165, 1.54) is 5.56 Å². The van der Waals surface area contributed by atoms with Crippen LogP contribution in [0.4, 0.5) is 0 Å². The molecule has 1 saturated heterocycles. The molecule has 24 heavy (non-hydrogen) atoms. The van der Waals surface area contributed by atoms with Gasteiger partial charge in [0.2, 0.25) is 5.91 Å². The minimum absolute atomic E-state index is 0.0699. The predicted octanol–water partition coefficient (Wildman–Crippen LogP) is 4.32. The number of nitrogens with zero attached hydrogens (tertiary/aromatic N) is 1. The van der Waals surface area contributed by atoms with Crippen LogP contribution in [-0.2, 0) is 4.79 Å². The second-order valence-electron chi connectivity index (χ2n) is 7.67. The van der Waals surface area contributed by atoms with Gasteiger partial charge in [-0.2, -0.15) is 0 Å². The molecule has 0 saturated carbocycles. The summed E-state index contributed by atoms with van der Waals surface area (Å²) in [5.74, 6) is 1.66. The highest BCUT2D eigenvalue weighted by molar-refractivity contribution is 6.30. The lowest BCUT2D eigenvalue weighted by Crippen LogP contribution is -2.52. The molecule has 1 aromatic rings. The zero-order valence-electron chi connectivity index (χ0n) is 15.4. The lowest BCUT2D eigenvalue weighted by Gasteiger charge is -2.36. The van der Waals surface area contributed by atoms with Gasteiger partial charge in [0, 0.05) is 18.1 Å². The first-order valence-electron chi connectivity index (χ1n) is 9.16. The normalized spacial score (nSPS) is 17.5. The Morgan fingerprint density at radius 1 is 1.17 bits per heavy atom. The quantitative estimate of drug-likeness (QED) is 0.828. The Labute approximate surface area is 151 Å². The molecule has 0 radical (unpaired) electrons. The number of hydrogen-bond donors (Lipinski definition) is 1. The van der Waals surface area contributed by atoms with Crippen molar-refractivity contribution < 1.29 is 4.79 Å². The first kappa shape index (κ1) is 19.3. The van der Waals surface area contributed by atoms with Crippen molar-refractivity contribution in [2.75, 3.05) is 19.6 Å². The van der Waals surface area contributed by atoms with E-state index in [4.69, 9.17) is 11.6 Å². The summed E-state index contributed by atoms with van der Waals surface area (Å²) in [6.07, 6.45) is 2.06. The molecule has 1 aliphatic heterocycles. The first-order chi connectivity index (χ1) is 11.4. The third-order valence-electron chi connectivity index (χ3n) is 4.83. The molecular weight excluding hydrogens is 320 g/mol. The fourth-order valence-electron chi connectivity index (χ4n) is 3.34. The van der Waals surface area contributed by atoms with Crippen molar-refractivity contribution in [1.29, 1.82) is 0 Å². The zero-order chi connectivity index (χ0) is 17.7. The summed E-state index contributed by atoms with van der Waals surface area (Å²) in [6, 6.07) is 8.08. The molecule has 1 amide bonds. The van der Waals surface area contributed by atoms with E-state index in [2.05, 4.69) is 45.1 Å². The summed E-state index contributed by atoms with van der Waals surface area (Å²) in [4.78, 5) is 14.9. The second kappa shape index (κ2) is 8.87. The molecule has 4 heteroatoms. The Kier molecular flexibility index (Phi) is 7.12. The fraction of sp³-hybridized carbons (Fsp3) is 0.650. The Balaban J connectivity index is 1.92. The number of piperidine rings is 1. The van der Waals surface area contributed by atoms with Crippen LogP contribution in [0.5, 0.6) is 0 Å². The number of rotatable bonds is 6. The molecule has 0 aromatic heterocycles. The lowest BCUT2D eigenvalue weighted by atomic mass is 9.89. The lowest BCUT2D eigenvalue weighted by molar-refractivity contribution is -0.135. The Morgan fingerprint density at radius 3 is 2.25 bits per heavy atom. The molecular formula is C20H31ClN2O. The number of halogens is 1. The molecule has 0 bridgehead atoms. The van der Waals surface area contributed by atoms with Gasteiger partial charge < -0.3 is 10.2 Å². The number of hydrogen-bond acceptors (Lipinski definition) is 2. The van der Waals surface area contributed by atoms with Crippen molar-refractivity contribution in [2.24, 2.45) is 11.8 Å². The van der Waals surface area contributed by atoms with Crippen LogP contribution in [0.1, 0.15) is 52.0 Å². The van der Waals surface area contributed by atoms with Crippen LogP contribution in [0, 0.1) is 11.8 Å². The van der Waals surface area contributed by atoms with Gasteiger partial charge in [-0.3, -0.25) is 4.79 Å². The van der Waals surface area contributed by atoms with Gasteiger partial charge >= 0.3 is 0 Å². The summed E-state index contributed by atoms with van der Waals surface area (Å²) in [6.45, 7) is 11.2. The van der Waals surface area contributed by atoms with Crippen molar-refractivity contribution >= 4 is 17.5 Å². The van der Waals surface area contributed by atoms with Gasteiger partial charge in [-0.25, -0.2) is 0 Å². The zero-order valence-corrected chi connectivity index (χ0v) is 16.1. The van der Waals surface area contributed by atoms with E-state index in [9.17, 15) is 4.79 Å². The van der Waals surface area contributed by atoms with Gasteiger partial charge in [0.15, 0.2) is 0 Å². The largest absolute Gasteiger partial charge is 0.341 e. The van der Waals surface area contributed by atoms with E-state index in [-0.39, 0.29) is 11.9 Å². The molecule has 1 unspecified atom stereocenters. The fourth-order valence-corrected chi connectivity index (χ4v) is 3.46. The minimum Gasteiger partial charge on any atom is -0.341 e. The highest BCUT2D eigenvalue weighted by atomic mass is 35.5. The standard InChI is InChI=1S/C20H31ClN2O/c1-14(2)13-22-19(15(3)4)20(24)23-11-9-17(10-12-23)16-5-7-18(21)8-6-16/h5-8,14-15,17,19,22H,9-13H2,1-4H3. The number of carbonyl (C=O) groups excluding carboxylic acids is 1. The summed E-state index contributed by atoms with van der Waals surface area (Å²) in [7, 11) is 0. The molecule has 1 heterocycles. The smallest absolute Gasteiger partial charge is 0.239 e. The average Bonchev–Trinajstić information content (AvgIpc) is 2.55. The second-order valence-corrected chi connectivity index (χ2v) is 8.11. The average molecular weight is 351 g/mol. The van der Waals surface area contributed by atoms with Crippen LogP contribution in [-0.4, -0.2) is 36.5 Å². The van der Waals surface area contributed by atoms with Crippen LogP contribution < -0.4 is 5.32 Å². The topological polar surface area (TPSA) is 32.3 Å². The number of likely N-dealkylation sites (tertiary alicyclic amines) is 1. The summed E-state index contributed by atoms with van der Waals surface area (Å²) in [5, 5.41) is 4.24. The number of nitrogens with one attached hydrogen (secondary N) is 1. The third-order valence-corrected chi connectivity index (χ3v) is 5.08. The SMILES string of the molecule is CC(C)CNC(C(=O)N1CCC(c2ccc(Cl)cc2)CC1)C(C)C. The van der Waals surface area contributed by atoms with Gasteiger partial charge in [0.1, 0.15) is 0 Å². The van der Waals surface area contributed by atoms with Crippen LogP contribution in [0.25, 0.3) is 0 Å². The maximum atomic E-state index is 12.9. The van der Waals surface area contributed by atoms with Gasteiger partial charge in [0.05, 0.1) is 6.04 Å². The Bertz CT molecular complexity index is 519. The molecule has 1 fully saturated rings. The van der Waals surface area contributed by atoms with Crippen molar-refractivity contribution in [3.63, 3.8) is 0 Å². The summed E-state index contributed by atoms with van der Waals surface area (Å²) < 4.78 is 0. The van der Waals surface area contributed by atoms with Gasteiger partial charge in [-0.05, 0) is 54.8 Å². The van der Waals surface area contributed by atoms with Crippen LogP contribution in [0.3, 0.4) is 0 Å². The van der Waals surface area contributed by atoms with Crippen molar-refractivity contribution in [1.82, 2.24) is 10.2 Å². The molecule has 1 aliphatic rings. The molecule has 0 aliphatic carbocycles. The van der Waals surface area contributed by atoms with Gasteiger partial charge in [-0.1, -0.05) is 51.4 Å². The minimum atomic E-state index is -0.0699. The van der Waals surface area contributed by atoms with E-state index >= 15 is 0 Å². The first-order valence-corrected chi connectivity index (χ1v) is 9.54. The van der Waals surface area contributed by atoms with E-state index in [0.29, 0.717) is 17.8 Å². The molecule has 1 aromatic carbocycles. The van der Waals surface area contributed by atoms with E-state index in [1.54, 1.807) is 0 Å². The Hall–Kier alpha value is -1.06. The number of carbonyl (C=O) groups is 1. The summed E-state index contributed by atoms with van der Waals surface area (Å²) >= 11 is 5.97. The van der Waals surface area contributed by atoms with Gasteiger partial charge in [-0.15, -0.1) is 0 Å². The van der Waals surface area contributed by atoms with E-state index in [1.807, 2.05) is 17.0 Å². The molecule has 2 rings (SSSR count). The molecule has 1 N–H and O–H groups in total. The van der Waals surface area contributed by atoms with Crippen molar-refractivity contribution in [3.8, 4) is 0 Å². The third kappa shape index (κ3) is 5.22. The van der Waals surface area contributed by atoms with Crippen molar-refractivity contribution in [3.05, 3.63) is 34.9 Å². The molecule has 0 spiro atoms. The van der Waals surface area contributed by atoms with Crippen molar-refractivity contribution in [2.45, 2.75) is 52.5 Å². The van der Waals surface area contributed by atoms with Gasteiger partial charge in [0.25, 0.3) is 0 Å². The van der Waals surface area contributed by atoms with Crippen LogP contribution >= 0.6 is 11.6 Å². The van der Waals surface area contributed by atoms with Crippen LogP contribution in [0.2, 0.25) is 5.02 Å². The molecule has 134 valence electrons. The predicted molar refractivity (Wildman–Crippen MR) is 101 cm³/mol. The van der Waals surface area contributed by atoms with E-state index in [0.717, 1.165) is 37.5 Å². The number of amides is 1. The summed E-state index contributed by atoms with van der Waals surface area (Å²) in [5.41, 5.74) is 1.34. The molecule has 1 atom stereocenters. The Morgan fingerprint density at radius 2 is 1.75 bits per heavy atom. The van der Waals surface area contributed by atoms with Crippen LogP contribution in [0.15, 0.2) is 24.3 Å². The molecule has 3 nitrogen and oxygen atoms in total. The monoisotopic (exact) mass is 350 g/mol. The highest BCUT2D eigenvalue weighted by Crippen LogP contribution is 2.29. The number of benzene rings is 1.